The number of nitrogen functional groups attached to an aromatic ring is 1. The van der Waals surface area contributed by atoms with Gasteiger partial charge in [0.25, 0.3) is 0 Å². The van der Waals surface area contributed by atoms with Gasteiger partial charge in [-0.3, -0.25) is 13.6 Å². The van der Waals surface area contributed by atoms with Gasteiger partial charge < -0.3 is 20.1 Å². The van der Waals surface area contributed by atoms with Crippen molar-refractivity contribution in [3.05, 3.63) is 52.4 Å². The number of hydrogen-bond donors (Lipinski definition) is 2. The van der Waals surface area contributed by atoms with Gasteiger partial charge in [-0.2, -0.15) is 0 Å². The van der Waals surface area contributed by atoms with Gasteiger partial charge in [-0.05, 0) is 36.8 Å². The molecule has 4 heterocycles. The van der Waals surface area contributed by atoms with Crippen LogP contribution in [0.4, 0.5) is 5.82 Å². The van der Waals surface area contributed by atoms with Crippen molar-refractivity contribution in [1.82, 2.24) is 14.5 Å². The van der Waals surface area contributed by atoms with E-state index in [0.717, 1.165) is 0 Å². The number of aliphatic hydroxyl groups is 1. The first-order valence-corrected chi connectivity index (χ1v) is 13.3. The molecule has 3 aromatic rings. The molecule has 0 saturated carbocycles. The molecule has 2 aromatic heterocycles. The Hall–Kier alpha value is -1.75. The maximum atomic E-state index is 13.2. The van der Waals surface area contributed by atoms with Crippen molar-refractivity contribution in [3.8, 4) is 0 Å². The van der Waals surface area contributed by atoms with Gasteiger partial charge in [0.1, 0.15) is 23.4 Å². The molecule has 1 unspecified atom stereocenters. The van der Waals surface area contributed by atoms with Crippen LogP contribution in [0.25, 0.3) is 11.0 Å². The highest BCUT2D eigenvalue weighted by Crippen LogP contribution is 2.58. The molecule has 0 amide bonds. The molecule has 2 aliphatic rings. The Morgan fingerprint density at radius 3 is 2.80 bits per heavy atom. The number of phosphoric acid groups is 1. The van der Waals surface area contributed by atoms with Crippen molar-refractivity contribution in [2.24, 2.45) is 5.92 Å². The summed E-state index contributed by atoms with van der Waals surface area (Å²) >= 11 is 12.2. The van der Waals surface area contributed by atoms with Crippen LogP contribution < -0.4 is 5.73 Å². The van der Waals surface area contributed by atoms with E-state index < -0.39 is 31.9 Å². The molecule has 2 saturated heterocycles. The fourth-order valence-corrected chi connectivity index (χ4v) is 6.40. The lowest BCUT2D eigenvalue weighted by Gasteiger charge is -2.30. The van der Waals surface area contributed by atoms with E-state index >= 15 is 0 Å². The third kappa shape index (κ3) is 4.70. The van der Waals surface area contributed by atoms with Crippen LogP contribution >= 0.6 is 31.0 Å². The van der Waals surface area contributed by atoms with Gasteiger partial charge in [0.05, 0.1) is 30.8 Å². The van der Waals surface area contributed by atoms with Crippen LogP contribution in [-0.2, 0) is 22.9 Å². The zero-order valence-electron chi connectivity index (χ0n) is 19.0. The predicted molar refractivity (Wildman–Crippen MR) is 130 cm³/mol. The molecular weight excluding hydrogens is 518 g/mol. The smallest absolute Gasteiger partial charge is 0.385 e. The number of rotatable bonds is 5. The van der Waals surface area contributed by atoms with Crippen LogP contribution in [0.3, 0.4) is 0 Å². The summed E-state index contributed by atoms with van der Waals surface area (Å²) in [5.41, 5.74) is 5.87. The molecule has 3 N–H and O–H groups in total. The molecule has 5 rings (SSSR count). The monoisotopic (exact) mass is 542 g/mol. The second kappa shape index (κ2) is 9.28. The Labute approximate surface area is 211 Å². The molecule has 0 aliphatic carbocycles. The second-order valence-corrected chi connectivity index (χ2v) is 11.4. The maximum absolute atomic E-state index is 13.2. The highest BCUT2D eigenvalue weighted by Gasteiger charge is 2.52. The van der Waals surface area contributed by atoms with Crippen molar-refractivity contribution >= 4 is 47.9 Å². The number of anilines is 1. The van der Waals surface area contributed by atoms with Crippen molar-refractivity contribution in [1.29, 1.82) is 0 Å². The largest absolute Gasteiger partial charge is 0.475 e. The van der Waals surface area contributed by atoms with E-state index in [1.807, 2.05) is 6.92 Å². The van der Waals surface area contributed by atoms with Crippen molar-refractivity contribution in [2.75, 3.05) is 18.9 Å². The summed E-state index contributed by atoms with van der Waals surface area (Å²) in [6.07, 6.45) is 1.61. The summed E-state index contributed by atoms with van der Waals surface area (Å²) in [4.78, 5) is 8.28. The average molecular weight is 543 g/mol. The molecule has 2 fully saturated rings. The summed E-state index contributed by atoms with van der Waals surface area (Å²) in [7, 11) is -3.90. The number of benzene rings is 1. The third-order valence-electron chi connectivity index (χ3n) is 6.62. The van der Waals surface area contributed by atoms with E-state index in [1.165, 1.54) is 6.33 Å². The molecule has 10 nitrogen and oxygen atoms in total. The zero-order chi connectivity index (χ0) is 25.0. The lowest BCUT2D eigenvalue weighted by atomic mass is 9.88. The Morgan fingerprint density at radius 2 is 2.06 bits per heavy atom. The average Bonchev–Trinajstić information content (AvgIpc) is 3.31. The number of halogens is 2. The van der Waals surface area contributed by atoms with Crippen LogP contribution in [0.1, 0.15) is 38.2 Å². The molecule has 35 heavy (non-hydrogen) atoms. The zero-order valence-corrected chi connectivity index (χ0v) is 21.4. The topological polar surface area (TPSA) is 131 Å². The Balaban J connectivity index is 1.31. The summed E-state index contributed by atoms with van der Waals surface area (Å²) in [5.74, 6) is -0.0531. The van der Waals surface area contributed by atoms with E-state index in [0.29, 0.717) is 38.9 Å². The molecule has 0 bridgehead atoms. The summed E-state index contributed by atoms with van der Waals surface area (Å²) in [5, 5.41) is 12.9. The Kier molecular flexibility index (Phi) is 6.61. The normalized spacial score (nSPS) is 33.4. The number of aromatic nitrogens is 3. The van der Waals surface area contributed by atoms with Crippen molar-refractivity contribution in [2.45, 2.75) is 44.3 Å². The summed E-state index contributed by atoms with van der Waals surface area (Å²) < 4.78 is 37.9. The third-order valence-corrected chi connectivity index (χ3v) is 8.53. The number of nitrogens with zero attached hydrogens (tertiary/aromatic N) is 3. The van der Waals surface area contributed by atoms with Crippen LogP contribution in [0.15, 0.2) is 36.8 Å². The first kappa shape index (κ1) is 24.9. The van der Waals surface area contributed by atoms with Crippen molar-refractivity contribution < 1.29 is 28.0 Å². The molecule has 0 spiro atoms. The van der Waals surface area contributed by atoms with Gasteiger partial charge in [0.2, 0.25) is 0 Å². The molecular formula is C22H25Cl2N4O6P. The molecule has 1 aromatic carbocycles. The van der Waals surface area contributed by atoms with Gasteiger partial charge in [0.15, 0.2) is 6.23 Å². The minimum Gasteiger partial charge on any atom is -0.385 e. The fraction of sp³-hybridized carbons (Fsp3) is 0.455. The molecule has 188 valence electrons. The van der Waals surface area contributed by atoms with Gasteiger partial charge >= 0.3 is 7.82 Å². The van der Waals surface area contributed by atoms with Gasteiger partial charge in [-0.15, -0.1) is 0 Å². The minimum absolute atomic E-state index is 0.121. The molecule has 2 aliphatic heterocycles. The molecule has 13 heteroatoms. The second-order valence-electron chi connectivity index (χ2n) is 8.92. The highest BCUT2D eigenvalue weighted by atomic mass is 35.5. The number of hydrogen-bond acceptors (Lipinski definition) is 9. The standard InChI is InChI=1S/C22H25Cl2N4O6P/c1-12-18(33-21(22(12,2)29)28-5-3-16-19(25)26-11-27-20(16)28)10-32-35(30)31-6-4-17(34-35)13-7-14(23)9-15(24)8-13/h3,5,7-9,11-12,17-18,21,29H,4,6,10H2,1-2H3,(H2,25,26,27)/t12-,17-,18-,21-,22-,35?/m1/s1. The van der Waals surface area contributed by atoms with E-state index in [1.54, 1.807) is 42.0 Å². The van der Waals surface area contributed by atoms with Crippen molar-refractivity contribution in [3.63, 3.8) is 0 Å². The molecule has 6 atom stereocenters. The molecule has 0 radical (unpaired) electrons. The summed E-state index contributed by atoms with van der Waals surface area (Å²) in [6, 6.07) is 6.78. The minimum atomic E-state index is -3.90. The van der Waals surface area contributed by atoms with Gasteiger partial charge in [0, 0.05) is 28.6 Å². The van der Waals surface area contributed by atoms with Crippen LogP contribution in [0.2, 0.25) is 10.0 Å². The van der Waals surface area contributed by atoms with Crippen LogP contribution in [0, 0.1) is 5.92 Å². The van der Waals surface area contributed by atoms with E-state index in [4.69, 9.17) is 47.2 Å². The van der Waals surface area contributed by atoms with E-state index in [9.17, 15) is 9.67 Å². The SMILES string of the molecule is C[C@@H]1[C@@H](COP2(=O)OCC[C@H](c3cc(Cl)cc(Cl)c3)O2)O[C@@H](n2ccc3c(N)ncnc32)[C@]1(C)O. The number of fused-ring (bicyclic) bond motifs is 1. The highest BCUT2D eigenvalue weighted by molar-refractivity contribution is 7.48. The van der Waals surface area contributed by atoms with Gasteiger partial charge in [-0.1, -0.05) is 30.1 Å². The Morgan fingerprint density at radius 1 is 1.31 bits per heavy atom. The van der Waals surface area contributed by atoms with E-state index in [-0.39, 0.29) is 19.1 Å². The maximum Gasteiger partial charge on any atom is 0.475 e. The Bertz CT molecular complexity index is 1280. The number of phosphoric ester groups is 1. The van der Waals surface area contributed by atoms with Gasteiger partial charge in [-0.25, -0.2) is 14.5 Å². The first-order chi connectivity index (χ1) is 16.6. The predicted octanol–water partition coefficient (Wildman–Crippen LogP) is 4.91. The number of ether oxygens (including phenoxy) is 1. The fourth-order valence-electron chi connectivity index (χ4n) is 4.46. The lowest BCUT2D eigenvalue weighted by Crippen LogP contribution is -2.38. The van der Waals surface area contributed by atoms with E-state index in [2.05, 4.69) is 9.97 Å². The quantitative estimate of drug-likeness (QED) is 0.431. The number of nitrogens with two attached hydrogens (primary N) is 1. The lowest BCUT2D eigenvalue weighted by molar-refractivity contribution is -0.0884. The summed E-state index contributed by atoms with van der Waals surface area (Å²) in [6.45, 7) is 3.56. The van der Waals surface area contributed by atoms with Crippen LogP contribution in [0.5, 0.6) is 0 Å². The first-order valence-electron chi connectivity index (χ1n) is 11.1. The van der Waals surface area contributed by atoms with Crippen LogP contribution in [-0.4, -0.2) is 44.6 Å².